The third-order valence-corrected chi connectivity index (χ3v) is 12.9. The van der Waals surface area contributed by atoms with Gasteiger partial charge in [0.15, 0.2) is 0 Å². The van der Waals surface area contributed by atoms with Crippen LogP contribution in [0, 0.1) is 5.41 Å². The number of nitrogens with one attached hydrogen (secondary N) is 5. The molecule has 346 valence electrons. The van der Waals surface area contributed by atoms with Gasteiger partial charge in [0.1, 0.15) is 24.6 Å². The first-order valence-electron chi connectivity index (χ1n) is 22.8. The van der Waals surface area contributed by atoms with Gasteiger partial charge in [0.05, 0.1) is 42.3 Å². The number of hydrogen-bond donors (Lipinski definition) is 7. The van der Waals surface area contributed by atoms with Crippen molar-refractivity contribution < 1.29 is 29.4 Å². The van der Waals surface area contributed by atoms with Crippen LogP contribution in [-0.4, -0.2) is 91.9 Å². The number of carbonyl (C=O) groups is 4. The van der Waals surface area contributed by atoms with E-state index in [0.29, 0.717) is 25.3 Å². The molecule has 5 atom stereocenters. The van der Waals surface area contributed by atoms with Gasteiger partial charge in [-0.2, -0.15) is 0 Å². The summed E-state index contributed by atoms with van der Waals surface area (Å²) < 4.78 is 0. The fourth-order valence-electron chi connectivity index (χ4n) is 9.49. The molecule has 4 heterocycles. The molecule has 0 bridgehead atoms. The number of aromatic nitrogens is 2. The van der Waals surface area contributed by atoms with Gasteiger partial charge in [-0.15, -0.1) is 0 Å². The standard InChI is InChI=1S/C50H65N9O6/c1-8-25-57(46(61)44(50(5,6)7)56-48(64)65)30-42-51-27-37(54-42)31-11-15-33(16-12-31)39-23-24-40(59(39)36-21-19-35(20-22-36)49(2,3)4)34-17-13-32(14-18-34)38-28-52-45(55-38)41-10-9-26-58(41)43(60)29-53-47(62)63/h11-22,27-28,39-41,44-45,52-53,55-56H,8-10,23-26,29-30H2,1-7H3,(H,51,54)(H,62,63)(H,64,65)/t39-,40-,41-,44+,45?/m0/s1. The molecule has 7 rings (SSSR count). The highest BCUT2D eigenvalue weighted by Gasteiger charge is 2.39. The third-order valence-electron chi connectivity index (χ3n) is 12.9. The van der Waals surface area contributed by atoms with Crippen molar-refractivity contribution in [3.8, 4) is 11.3 Å². The summed E-state index contributed by atoms with van der Waals surface area (Å²) in [5, 5.41) is 30.1. The van der Waals surface area contributed by atoms with Crippen molar-refractivity contribution in [1.82, 2.24) is 41.0 Å². The van der Waals surface area contributed by atoms with Crippen LogP contribution >= 0.6 is 0 Å². The number of amides is 4. The first-order chi connectivity index (χ1) is 30.9. The van der Waals surface area contributed by atoms with E-state index in [4.69, 9.17) is 5.11 Å². The lowest BCUT2D eigenvalue weighted by Gasteiger charge is -2.34. The zero-order valence-corrected chi connectivity index (χ0v) is 38.6. The highest BCUT2D eigenvalue weighted by Crippen LogP contribution is 2.47. The van der Waals surface area contributed by atoms with Crippen molar-refractivity contribution in [2.75, 3.05) is 24.5 Å². The van der Waals surface area contributed by atoms with Crippen molar-refractivity contribution in [2.24, 2.45) is 5.41 Å². The Hall–Kier alpha value is -6.51. The predicted octanol–water partition coefficient (Wildman–Crippen LogP) is 7.95. The molecule has 0 saturated carbocycles. The molecule has 2 saturated heterocycles. The van der Waals surface area contributed by atoms with E-state index >= 15 is 0 Å². The Labute approximate surface area is 382 Å². The summed E-state index contributed by atoms with van der Waals surface area (Å²) in [4.78, 5) is 63.1. The Morgan fingerprint density at radius 1 is 0.846 bits per heavy atom. The molecule has 2 fully saturated rings. The normalized spacial score (nSPS) is 20.1. The minimum Gasteiger partial charge on any atom is -0.465 e. The van der Waals surface area contributed by atoms with Gasteiger partial charge in [-0.05, 0) is 82.9 Å². The number of nitrogens with zero attached hydrogens (tertiary/aromatic N) is 4. The highest BCUT2D eigenvalue weighted by molar-refractivity contribution is 5.86. The quantitative estimate of drug-likeness (QED) is 0.0653. The first kappa shape index (κ1) is 46.5. The van der Waals surface area contributed by atoms with Crippen LogP contribution < -0.4 is 26.2 Å². The molecule has 1 unspecified atom stereocenters. The van der Waals surface area contributed by atoms with Crippen LogP contribution in [0.25, 0.3) is 17.0 Å². The maximum Gasteiger partial charge on any atom is 0.405 e. The summed E-state index contributed by atoms with van der Waals surface area (Å²) in [7, 11) is 0. The summed E-state index contributed by atoms with van der Waals surface area (Å²) in [5.74, 6) is 0.121. The molecule has 0 spiro atoms. The maximum atomic E-state index is 13.7. The van der Waals surface area contributed by atoms with Gasteiger partial charge < -0.3 is 51.2 Å². The van der Waals surface area contributed by atoms with Gasteiger partial charge in [-0.1, -0.05) is 109 Å². The number of imidazole rings is 1. The fraction of sp³-hybridized carbons (Fsp3) is 0.460. The van der Waals surface area contributed by atoms with Crippen molar-refractivity contribution in [2.45, 2.75) is 123 Å². The molecule has 3 aromatic carbocycles. The van der Waals surface area contributed by atoms with Gasteiger partial charge in [0.25, 0.3) is 0 Å². The second kappa shape index (κ2) is 19.3. The zero-order chi connectivity index (χ0) is 46.6. The van der Waals surface area contributed by atoms with E-state index in [9.17, 15) is 24.3 Å². The molecule has 1 aromatic heterocycles. The number of rotatable bonds is 14. The SMILES string of the molecule is CCCN(Cc1ncc(-c2ccc([C@@H]3CC[C@@H](c4ccc(C5=CNC([C@@H]6CCCN6C(=O)CNC(=O)O)N5)cc4)N3c3ccc(C(C)(C)C)cc3)cc2)[nH]1)C(=O)[C@@H](NC(=O)O)C(C)(C)C. The topological polar surface area (TPSA) is 195 Å². The first-order valence-corrected chi connectivity index (χ1v) is 22.8. The summed E-state index contributed by atoms with van der Waals surface area (Å²) in [6.07, 6.45) is 5.46. The summed E-state index contributed by atoms with van der Waals surface area (Å²) in [5.41, 5.74) is 8.08. The smallest absolute Gasteiger partial charge is 0.405 e. The Bertz CT molecular complexity index is 2350. The summed E-state index contributed by atoms with van der Waals surface area (Å²) in [6, 6.07) is 25.6. The molecule has 7 N–H and O–H groups in total. The molecule has 0 radical (unpaired) electrons. The number of carbonyl (C=O) groups excluding carboxylic acids is 2. The van der Waals surface area contributed by atoms with Gasteiger partial charge in [-0.25, -0.2) is 14.6 Å². The van der Waals surface area contributed by atoms with E-state index < -0.39 is 23.6 Å². The summed E-state index contributed by atoms with van der Waals surface area (Å²) >= 11 is 0. The van der Waals surface area contributed by atoms with E-state index in [1.165, 1.54) is 16.7 Å². The average molecular weight is 888 g/mol. The van der Waals surface area contributed by atoms with E-state index in [1.54, 1.807) is 16.0 Å². The van der Waals surface area contributed by atoms with E-state index in [1.807, 2.05) is 33.9 Å². The van der Waals surface area contributed by atoms with Gasteiger partial charge in [0, 0.05) is 25.0 Å². The lowest BCUT2D eigenvalue weighted by Crippen LogP contribution is -2.54. The van der Waals surface area contributed by atoms with E-state index in [0.717, 1.165) is 53.9 Å². The highest BCUT2D eigenvalue weighted by atomic mass is 16.4. The molecule has 15 nitrogen and oxygen atoms in total. The molecule has 3 aliphatic heterocycles. The van der Waals surface area contributed by atoms with Gasteiger partial charge >= 0.3 is 12.2 Å². The lowest BCUT2D eigenvalue weighted by atomic mass is 9.85. The van der Waals surface area contributed by atoms with Crippen LogP contribution in [0.2, 0.25) is 0 Å². The van der Waals surface area contributed by atoms with Crippen molar-refractivity contribution in [3.05, 3.63) is 113 Å². The zero-order valence-electron chi connectivity index (χ0n) is 38.6. The number of likely N-dealkylation sites (tertiary alicyclic amines) is 1. The Morgan fingerprint density at radius 2 is 1.48 bits per heavy atom. The number of carboxylic acid groups (broad SMARTS) is 2. The van der Waals surface area contributed by atoms with Gasteiger partial charge in [0.2, 0.25) is 11.8 Å². The summed E-state index contributed by atoms with van der Waals surface area (Å²) in [6.45, 7) is 15.3. The van der Waals surface area contributed by atoms with Crippen molar-refractivity contribution >= 4 is 35.4 Å². The molecule has 0 aliphatic carbocycles. The second-order valence-electron chi connectivity index (χ2n) is 19.6. The largest absolute Gasteiger partial charge is 0.465 e. The van der Waals surface area contributed by atoms with Crippen LogP contribution in [0.1, 0.15) is 121 Å². The van der Waals surface area contributed by atoms with Crippen LogP contribution in [0.15, 0.2) is 85.2 Å². The monoisotopic (exact) mass is 888 g/mol. The van der Waals surface area contributed by atoms with Crippen LogP contribution in [0.4, 0.5) is 15.3 Å². The minimum atomic E-state index is -1.23. The number of H-pyrrole nitrogens is 1. The van der Waals surface area contributed by atoms with Crippen LogP contribution in [-0.2, 0) is 21.5 Å². The van der Waals surface area contributed by atoms with E-state index in [-0.39, 0.29) is 54.6 Å². The average Bonchev–Trinajstić information content (AvgIpc) is 4.11. The van der Waals surface area contributed by atoms with Gasteiger partial charge in [-0.3, -0.25) is 9.59 Å². The Kier molecular flexibility index (Phi) is 13.8. The molecule has 4 aromatic rings. The molecule has 15 heteroatoms. The molecular formula is C50H65N9O6. The van der Waals surface area contributed by atoms with Crippen LogP contribution in [0.3, 0.4) is 0 Å². The molecule has 65 heavy (non-hydrogen) atoms. The maximum absolute atomic E-state index is 13.7. The predicted molar refractivity (Wildman–Crippen MR) is 252 cm³/mol. The number of anilines is 1. The molecule has 3 aliphatic rings. The lowest BCUT2D eigenvalue weighted by molar-refractivity contribution is -0.136. The van der Waals surface area contributed by atoms with E-state index in [2.05, 4.69) is 130 Å². The number of aromatic amines is 1. The third kappa shape index (κ3) is 10.7. The molecule has 4 amide bonds. The minimum absolute atomic E-state index is 0.0245. The van der Waals surface area contributed by atoms with Crippen molar-refractivity contribution in [3.63, 3.8) is 0 Å². The number of benzene rings is 3. The van der Waals surface area contributed by atoms with Crippen molar-refractivity contribution in [1.29, 1.82) is 0 Å². The molecular weight excluding hydrogens is 823 g/mol. The Balaban J connectivity index is 1.07. The van der Waals surface area contributed by atoms with Crippen LogP contribution in [0.5, 0.6) is 0 Å². The Morgan fingerprint density at radius 3 is 2.05 bits per heavy atom. The number of hydrogen-bond acceptors (Lipinski definition) is 8. The second-order valence-corrected chi connectivity index (χ2v) is 19.6. The fourth-order valence-corrected chi connectivity index (χ4v) is 9.49.